The summed E-state index contributed by atoms with van der Waals surface area (Å²) in [6, 6.07) is 9.38. The number of carbonyl (C=O) groups is 2. The zero-order valence-corrected chi connectivity index (χ0v) is 11.9. The summed E-state index contributed by atoms with van der Waals surface area (Å²) >= 11 is 0. The number of rotatable bonds is 7. The summed E-state index contributed by atoms with van der Waals surface area (Å²) in [6.07, 6.45) is 0.367. The highest BCUT2D eigenvalue weighted by atomic mass is 16.6. The van der Waals surface area contributed by atoms with Crippen molar-refractivity contribution in [1.82, 2.24) is 16.1 Å². The second-order valence-corrected chi connectivity index (χ2v) is 4.98. The highest BCUT2D eigenvalue weighted by molar-refractivity contribution is 5.88. The molecule has 6 heteroatoms. The first-order chi connectivity index (χ1) is 10.3. The maximum atomic E-state index is 11.9. The first-order valence-electron chi connectivity index (χ1n) is 7.17. The van der Waals surface area contributed by atoms with Gasteiger partial charge in [-0.25, -0.2) is 5.48 Å². The first kappa shape index (κ1) is 15.6. The lowest BCUT2D eigenvalue weighted by atomic mass is 10.1. The molecule has 0 unspecified atom stereocenters. The summed E-state index contributed by atoms with van der Waals surface area (Å²) in [5.74, 6) is -0.219. The summed E-state index contributed by atoms with van der Waals surface area (Å²) < 4.78 is 0. The Kier molecular flexibility index (Phi) is 6.33. The van der Waals surface area contributed by atoms with Crippen LogP contribution in [-0.4, -0.2) is 37.4 Å². The van der Waals surface area contributed by atoms with Gasteiger partial charge in [0, 0.05) is 32.5 Å². The molecule has 114 valence electrons. The van der Waals surface area contributed by atoms with Crippen LogP contribution in [0.2, 0.25) is 0 Å². The molecule has 0 saturated carbocycles. The summed E-state index contributed by atoms with van der Waals surface area (Å²) in [4.78, 5) is 28.6. The van der Waals surface area contributed by atoms with Crippen molar-refractivity contribution in [1.29, 1.82) is 0 Å². The molecule has 0 aliphatic carbocycles. The predicted octanol–water partition coefficient (Wildman–Crippen LogP) is 0.145. The van der Waals surface area contributed by atoms with Crippen LogP contribution in [-0.2, 0) is 21.0 Å². The summed E-state index contributed by atoms with van der Waals surface area (Å²) in [5, 5.41) is 6.28. The smallest absolute Gasteiger partial charge is 0.243 e. The van der Waals surface area contributed by atoms with Crippen LogP contribution >= 0.6 is 0 Å². The third-order valence-electron chi connectivity index (χ3n) is 3.30. The van der Waals surface area contributed by atoms with E-state index in [1.807, 2.05) is 30.3 Å². The minimum atomic E-state index is -0.275. The van der Waals surface area contributed by atoms with Crippen molar-refractivity contribution in [2.75, 3.05) is 19.6 Å². The number of piperazine rings is 1. The highest BCUT2D eigenvalue weighted by Crippen LogP contribution is 2.01. The number of ketones is 1. The Hall–Kier alpha value is -1.76. The van der Waals surface area contributed by atoms with E-state index in [-0.39, 0.29) is 30.6 Å². The number of nitrogens with one attached hydrogen (secondary N) is 3. The average molecular weight is 291 g/mol. The van der Waals surface area contributed by atoms with Gasteiger partial charge in [0.25, 0.3) is 0 Å². The lowest BCUT2D eigenvalue weighted by Gasteiger charge is -2.23. The van der Waals surface area contributed by atoms with Gasteiger partial charge in [-0.1, -0.05) is 30.3 Å². The van der Waals surface area contributed by atoms with Gasteiger partial charge in [-0.3, -0.25) is 14.4 Å². The summed E-state index contributed by atoms with van der Waals surface area (Å²) in [7, 11) is 0. The number of hydroxylamine groups is 1. The van der Waals surface area contributed by atoms with E-state index in [0.717, 1.165) is 18.7 Å². The molecule has 1 amide bonds. The quantitative estimate of drug-likeness (QED) is 0.623. The molecule has 1 aromatic carbocycles. The van der Waals surface area contributed by atoms with Crippen LogP contribution in [0, 0.1) is 0 Å². The zero-order valence-electron chi connectivity index (χ0n) is 11.9. The molecule has 0 bridgehead atoms. The van der Waals surface area contributed by atoms with Crippen LogP contribution in [0.25, 0.3) is 0 Å². The number of carbonyl (C=O) groups excluding carboxylic acids is 2. The Labute approximate surface area is 124 Å². The second-order valence-electron chi connectivity index (χ2n) is 4.98. The van der Waals surface area contributed by atoms with Gasteiger partial charge in [-0.05, 0) is 5.56 Å². The van der Waals surface area contributed by atoms with Crippen molar-refractivity contribution in [3.8, 4) is 0 Å². The minimum Gasteiger partial charge on any atom is -0.313 e. The van der Waals surface area contributed by atoms with Gasteiger partial charge in [-0.2, -0.15) is 0 Å². The normalized spacial score (nSPS) is 18.2. The number of amides is 1. The predicted molar refractivity (Wildman–Crippen MR) is 78.3 cm³/mol. The number of Topliss-reactive ketones (excluding diaryl/α,β-unsaturated/α-hetero) is 1. The van der Waals surface area contributed by atoms with Crippen molar-refractivity contribution in [2.45, 2.75) is 25.5 Å². The molecule has 1 aromatic rings. The SMILES string of the molecule is O=C(CCC(=O)[C@@H]1CNCCN1)NOCc1ccccc1. The van der Waals surface area contributed by atoms with E-state index < -0.39 is 0 Å². The monoisotopic (exact) mass is 291 g/mol. The van der Waals surface area contributed by atoms with E-state index in [9.17, 15) is 9.59 Å². The Morgan fingerprint density at radius 2 is 2.00 bits per heavy atom. The lowest BCUT2D eigenvalue weighted by molar-refractivity contribution is -0.136. The zero-order chi connectivity index (χ0) is 14.9. The molecule has 1 aliphatic heterocycles. The van der Waals surface area contributed by atoms with Crippen molar-refractivity contribution in [3.63, 3.8) is 0 Å². The molecule has 21 heavy (non-hydrogen) atoms. The van der Waals surface area contributed by atoms with Gasteiger partial charge in [0.1, 0.15) is 0 Å². The maximum Gasteiger partial charge on any atom is 0.243 e. The molecule has 1 saturated heterocycles. The third kappa shape index (κ3) is 5.63. The lowest BCUT2D eigenvalue weighted by Crippen LogP contribution is -2.52. The van der Waals surface area contributed by atoms with Crippen LogP contribution < -0.4 is 16.1 Å². The van der Waals surface area contributed by atoms with Crippen molar-refractivity contribution in [3.05, 3.63) is 35.9 Å². The van der Waals surface area contributed by atoms with Crippen LogP contribution in [0.4, 0.5) is 0 Å². The van der Waals surface area contributed by atoms with Gasteiger partial charge >= 0.3 is 0 Å². The first-order valence-corrected chi connectivity index (χ1v) is 7.17. The van der Waals surface area contributed by atoms with E-state index in [0.29, 0.717) is 13.2 Å². The fourth-order valence-electron chi connectivity index (χ4n) is 2.12. The molecule has 0 aromatic heterocycles. The van der Waals surface area contributed by atoms with Crippen LogP contribution in [0.15, 0.2) is 30.3 Å². The van der Waals surface area contributed by atoms with E-state index in [2.05, 4.69) is 16.1 Å². The van der Waals surface area contributed by atoms with E-state index >= 15 is 0 Å². The molecule has 1 aliphatic rings. The molecule has 1 atom stereocenters. The van der Waals surface area contributed by atoms with E-state index in [1.54, 1.807) is 0 Å². The molecule has 0 radical (unpaired) electrons. The third-order valence-corrected chi connectivity index (χ3v) is 3.30. The molecular weight excluding hydrogens is 270 g/mol. The standard InChI is InChI=1S/C15H21N3O3/c19-14(13-10-16-8-9-17-13)6-7-15(20)18-21-11-12-4-2-1-3-5-12/h1-5,13,16-17H,6-11H2,(H,18,20)/t13-/m0/s1. The Morgan fingerprint density at radius 3 is 2.71 bits per heavy atom. The Morgan fingerprint density at radius 1 is 1.19 bits per heavy atom. The molecular formula is C15H21N3O3. The molecule has 2 rings (SSSR count). The van der Waals surface area contributed by atoms with Crippen LogP contribution in [0.5, 0.6) is 0 Å². The fraction of sp³-hybridized carbons (Fsp3) is 0.467. The van der Waals surface area contributed by atoms with E-state index in [1.165, 1.54) is 0 Å². The average Bonchev–Trinajstić information content (AvgIpc) is 2.54. The highest BCUT2D eigenvalue weighted by Gasteiger charge is 2.20. The molecule has 3 N–H and O–H groups in total. The maximum absolute atomic E-state index is 11.9. The molecule has 6 nitrogen and oxygen atoms in total. The van der Waals surface area contributed by atoms with Crippen LogP contribution in [0.1, 0.15) is 18.4 Å². The van der Waals surface area contributed by atoms with Crippen molar-refractivity contribution >= 4 is 11.7 Å². The van der Waals surface area contributed by atoms with Crippen molar-refractivity contribution in [2.24, 2.45) is 0 Å². The van der Waals surface area contributed by atoms with Gasteiger partial charge in [0.05, 0.1) is 12.6 Å². The minimum absolute atomic E-state index is 0.0559. The van der Waals surface area contributed by atoms with Crippen LogP contribution in [0.3, 0.4) is 0 Å². The van der Waals surface area contributed by atoms with Gasteiger partial charge in [0.2, 0.25) is 5.91 Å². The Bertz CT molecular complexity index is 458. The fourth-order valence-corrected chi connectivity index (χ4v) is 2.12. The summed E-state index contributed by atoms with van der Waals surface area (Å²) in [6.45, 7) is 2.60. The van der Waals surface area contributed by atoms with Gasteiger partial charge < -0.3 is 10.6 Å². The number of benzene rings is 1. The Balaban J connectivity index is 1.60. The summed E-state index contributed by atoms with van der Waals surface area (Å²) in [5.41, 5.74) is 3.34. The molecule has 0 spiro atoms. The van der Waals surface area contributed by atoms with Gasteiger partial charge in [0.15, 0.2) is 5.78 Å². The van der Waals surface area contributed by atoms with Gasteiger partial charge in [-0.15, -0.1) is 0 Å². The molecule has 1 fully saturated rings. The van der Waals surface area contributed by atoms with Crippen molar-refractivity contribution < 1.29 is 14.4 Å². The second kappa shape index (κ2) is 8.51. The number of hydrogen-bond donors (Lipinski definition) is 3. The number of hydrogen-bond acceptors (Lipinski definition) is 5. The topological polar surface area (TPSA) is 79.5 Å². The van der Waals surface area contributed by atoms with E-state index in [4.69, 9.17) is 4.84 Å². The largest absolute Gasteiger partial charge is 0.313 e. The molecule has 1 heterocycles.